The van der Waals surface area contributed by atoms with E-state index in [-0.39, 0.29) is 0 Å². The van der Waals surface area contributed by atoms with Gasteiger partial charge in [-0.1, -0.05) is 22.0 Å². The Morgan fingerprint density at radius 1 is 1.20 bits per heavy atom. The summed E-state index contributed by atoms with van der Waals surface area (Å²) in [7, 11) is 0. The SMILES string of the molecule is Cc1c(Br)cccc1-n1cncc1-c1cccnc1N. The van der Waals surface area contributed by atoms with Crippen LogP contribution < -0.4 is 5.73 Å². The quantitative estimate of drug-likeness (QED) is 0.782. The smallest absolute Gasteiger partial charge is 0.132 e. The van der Waals surface area contributed by atoms with Gasteiger partial charge in [0.05, 0.1) is 23.9 Å². The molecule has 0 saturated carbocycles. The van der Waals surface area contributed by atoms with Gasteiger partial charge in [-0.2, -0.15) is 0 Å². The number of aromatic nitrogens is 3. The van der Waals surface area contributed by atoms with Crippen LogP contribution in [-0.4, -0.2) is 14.5 Å². The highest BCUT2D eigenvalue weighted by atomic mass is 79.9. The minimum Gasteiger partial charge on any atom is -0.383 e. The molecule has 1 aromatic carbocycles. The van der Waals surface area contributed by atoms with Crippen molar-refractivity contribution in [3.63, 3.8) is 0 Å². The summed E-state index contributed by atoms with van der Waals surface area (Å²) in [6.07, 6.45) is 5.27. The Kier molecular flexibility index (Phi) is 3.28. The van der Waals surface area contributed by atoms with E-state index in [1.807, 2.05) is 28.8 Å². The molecule has 0 bridgehead atoms. The van der Waals surface area contributed by atoms with Crippen LogP contribution in [0.3, 0.4) is 0 Å². The first kappa shape index (κ1) is 12.9. The molecule has 0 radical (unpaired) electrons. The summed E-state index contributed by atoms with van der Waals surface area (Å²) in [6.45, 7) is 2.07. The number of hydrogen-bond donors (Lipinski definition) is 1. The van der Waals surface area contributed by atoms with Gasteiger partial charge in [-0.25, -0.2) is 9.97 Å². The number of anilines is 1. The fourth-order valence-electron chi connectivity index (χ4n) is 2.18. The molecule has 0 fully saturated rings. The molecule has 2 aromatic heterocycles. The van der Waals surface area contributed by atoms with Gasteiger partial charge in [0, 0.05) is 16.2 Å². The lowest BCUT2D eigenvalue weighted by atomic mass is 10.1. The van der Waals surface area contributed by atoms with E-state index in [1.54, 1.807) is 18.7 Å². The molecule has 100 valence electrons. The number of pyridine rings is 1. The number of hydrogen-bond acceptors (Lipinski definition) is 3. The Labute approximate surface area is 125 Å². The molecule has 0 aliphatic carbocycles. The summed E-state index contributed by atoms with van der Waals surface area (Å²) >= 11 is 3.56. The Morgan fingerprint density at radius 3 is 2.85 bits per heavy atom. The van der Waals surface area contributed by atoms with Gasteiger partial charge in [0.2, 0.25) is 0 Å². The third-order valence-corrected chi connectivity index (χ3v) is 4.11. The Balaban J connectivity index is 2.21. The molecule has 4 nitrogen and oxygen atoms in total. The number of nitrogen functional groups attached to an aromatic ring is 1. The largest absolute Gasteiger partial charge is 0.383 e. The summed E-state index contributed by atoms with van der Waals surface area (Å²) in [4.78, 5) is 8.39. The molecule has 0 unspecified atom stereocenters. The van der Waals surface area contributed by atoms with Gasteiger partial charge in [0.25, 0.3) is 0 Å². The van der Waals surface area contributed by atoms with Crippen molar-refractivity contribution >= 4 is 21.7 Å². The standard InChI is InChI=1S/C15H13BrN4/c1-10-12(16)5-2-6-13(10)20-9-18-8-14(20)11-4-3-7-19-15(11)17/h2-9H,1H3,(H2,17,19). The predicted octanol–water partition coefficient (Wildman–Crippen LogP) is 3.59. The molecule has 0 saturated heterocycles. The average Bonchev–Trinajstić information content (AvgIpc) is 2.91. The second-order valence-electron chi connectivity index (χ2n) is 4.47. The first-order valence-corrected chi connectivity index (χ1v) is 6.96. The molecule has 0 amide bonds. The van der Waals surface area contributed by atoms with Crippen LogP contribution in [0.2, 0.25) is 0 Å². The van der Waals surface area contributed by atoms with Gasteiger partial charge >= 0.3 is 0 Å². The van der Waals surface area contributed by atoms with E-state index >= 15 is 0 Å². The van der Waals surface area contributed by atoms with Crippen LogP contribution in [0.4, 0.5) is 5.82 Å². The topological polar surface area (TPSA) is 56.7 Å². The van der Waals surface area contributed by atoms with E-state index < -0.39 is 0 Å². The summed E-state index contributed by atoms with van der Waals surface area (Å²) < 4.78 is 3.09. The average molecular weight is 329 g/mol. The van der Waals surface area contributed by atoms with Crippen molar-refractivity contribution in [2.45, 2.75) is 6.92 Å². The fourth-order valence-corrected chi connectivity index (χ4v) is 2.53. The van der Waals surface area contributed by atoms with Gasteiger partial charge in [-0.05, 0) is 36.8 Å². The Bertz CT molecular complexity index is 764. The third kappa shape index (κ3) is 2.10. The van der Waals surface area contributed by atoms with Gasteiger partial charge in [0.15, 0.2) is 0 Å². The van der Waals surface area contributed by atoms with Gasteiger partial charge < -0.3 is 5.73 Å². The first-order chi connectivity index (χ1) is 9.68. The zero-order valence-electron chi connectivity index (χ0n) is 10.9. The molecular weight excluding hydrogens is 316 g/mol. The number of nitrogens with zero attached hydrogens (tertiary/aromatic N) is 3. The zero-order chi connectivity index (χ0) is 14.1. The van der Waals surface area contributed by atoms with E-state index in [0.717, 1.165) is 27.0 Å². The van der Waals surface area contributed by atoms with Crippen LogP contribution in [0, 0.1) is 6.92 Å². The molecular formula is C15H13BrN4. The third-order valence-electron chi connectivity index (χ3n) is 3.25. The molecule has 5 heteroatoms. The van der Waals surface area contributed by atoms with E-state index in [0.29, 0.717) is 5.82 Å². The number of rotatable bonds is 2. The van der Waals surface area contributed by atoms with Crippen molar-refractivity contribution in [1.82, 2.24) is 14.5 Å². The number of imidazole rings is 1. The second kappa shape index (κ2) is 5.09. The van der Waals surface area contributed by atoms with Crippen molar-refractivity contribution in [3.05, 3.63) is 59.1 Å². The van der Waals surface area contributed by atoms with Crippen molar-refractivity contribution < 1.29 is 0 Å². The molecule has 0 aliphatic rings. The van der Waals surface area contributed by atoms with E-state index in [4.69, 9.17) is 5.73 Å². The van der Waals surface area contributed by atoms with Crippen LogP contribution in [-0.2, 0) is 0 Å². The van der Waals surface area contributed by atoms with Gasteiger partial charge in [-0.3, -0.25) is 4.57 Å². The fraction of sp³-hybridized carbons (Fsp3) is 0.0667. The maximum absolute atomic E-state index is 5.97. The number of halogens is 1. The molecule has 0 spiro atoms. The number of benzene rings is 1. The van der Waals surface area contributed by atoms with Crippen LogP contribution in [0.25, 0.3) is 16.9 Å². The zero-order valence-corrected chi connectivity index (χ0v) is 12.5. The summed E-state index contributed by atoms with van der Waals surface area (Å²) in [5, 5.41) is 0. The summed E-state index contributed by atoms with van der Waals surface area (Å²) in [6, 6.07) is 9.90. The number of nitrogens with two attached hydrogens (primary N) is 1. The lowest BCUT2D eigenvalue weighted by Gasteiger charge is -2.13. The second-order valence-corrected chi connectivity index (χ2v) is 5.32. The Hall–Kier alpha value is -2.14. The maximum Gasteiger partial charge on any atom is 0.132 e. The van der Waals surface area contributed by atoms with Crippen molar-refractivity contribution in [2.24, 2.45) is 0 Å². The maximum atomic E-state index is 5.97. The van der Waals surface area contributed by atoms with Crippen LogP contribution in [0.15, 0.2) is 53.5 Å². The van der Waals surface area contributed by atoms with E-state index in [9.17, 15) is 0 Å². The molecule has 3 rings (SSSR count). The Morgan fingerprint density at radius 2 is 2.05 bits per heavy atom. The monoisotopic (exact) mass is 328 g/mol. The highest BCUT2D eigenvalue weighted by Gasteiger charge is 2.12. The van der Waals surface area contributed by atoms with E-state index in [1.165, 1.54) is 0 Å². The lowest BCUT2D eigenvalue weighted by Crippen LogP contribution is -2.01. The van der Waals surface area contributed by atoms with E-state index in [2.05, 4.69) is 38.9 Å². The molecule has 3 aromatic rings. The lowest BCUT2D eigenvalue weighted by molar-refractivity contribution is 1.04. The summed E-state index contributed by atoms with van der Waals surface area (Å²) in [5.74, 6) is 0.502. The first-order valence-electron chi connectivity index (χ1n) is 6.17. The van der Waals surface area contributed by atoms with Crippen molar-refractivity contribution in [1.29, 1.82) is 0 Å². The van der Waals surface area contributed by atoms with Gasteiger partial charge in [0.1, 0.15) is 5.82 Å². The molecule has 0 atom stereocenters. The minimum absolute atomic E-state index is 0.502. The van der Waals surface area contributed by atoms with Gasteiger partial charge in [-0.15, -0.1) is 0 Å². The normalized spacial score (nSPS) is 10.7. The highest BCUT2D eigenvalue weighted by molar-refractivity contribution is 9.10. The van der Waals surface area contributed by atoms with Crippen molar-refractivity contribution in [2.75, 3.05) is 5.73 Å². The molecule has 2 heterocycles. The van der Waals surface area contributed by atoms with Crippen LogP contribution >= 0.6 is 15.9 Å². The summed E-state index contributed by atoms with van der Waals surface area (Å²) in [5.41, 5.74) is 9.98. The van der Waals surface area contributed by atoms with Crippen molar-refractivity contribution in [3.8, 4) is 16.9 Å². The van der Waals surface area contributed by atoms with Crippen LogP contribution in [0.5, 0.6) is 0 Å². The predicted molar refractivity (Wildman–Crippen MR) is 83.6 cm³/mol. The minimum atomic E-state index is 0.502. The molecule has 0 aliphatic heterocycles. The van der Waals surface area contributed by atoms with Crippen LogP contribution in [0.1, 0.15) is 5.56 Å². The highest BCUT2D eigenvalue weighted by Crippen LogP contribution is 2.29. The molecule has 20 heavy (non-hydrogen) atoms. The molecule has 2 N–H and O–H groups in total.